The highest BCUT2D eigenvalue weighted by atomic mass is 32.1. The van der Waals surface area contributed by atoms with E-state index in [1.165, 1.54) is 27.3 Å². The van der Waals surface area contributed by atoms with Gasteiger partial charge in [0.2, 0.25) is 5.95 Å². The molecule has 0 spiro atoms. The zero-order valence-corrected chi connectivity index (χ0v) is 18.7. The second-order valence-electron chi connectivity index (χ2n) is 8.33. The summed E-state index contributed by atoms with van der Waals surface area (Å²) in [5, 5.41) is 7.47. The Hall–Kier alpha value is -3.91. The van der Waals surface area contributed by atoms with Crippen molar-refractivity contribution in [3.8, 4) is 10.4 Å². The summed E-state index contributed by atoms with van der Waals surface area (Å²) in [6, 6.07) is 21.8. The quantitative estimate of drug-likeness (QED) is 0.415. The van der Waals surface area contributed by atoms with Gasteiger partial charge in [-0.25, -0.2) is 4.68 Å². The SMILES string of the molecule is Nc1nc(N)c2cnn(C3Cc4ccccc4N(Cc4ccc(-c5cccs5)cc4)C3)c2n1. The minimum Gasteiger partial charge on any atom is -0.383 e. The molecule has 0 aliphatic carbocycles. The molecular weight excluding hydrogens is 430 g/mol. The average molecular weight is 454 g/mol. The second-order valence-corrected chi connectivity index (χ2v) is 9.28. The number of nitrogen functional groups attached to an aromatic ring is 2. The van der Waals surface area contributed by atoms with E-state index in [0.29, 0.717) is 11.5 Å². The van der Waals surface area contributed by atoms with Gasteiger partial charge in [-0.1, -0.05) is 48.5 Å². The number of anilines is 3. The number of para-hydroxylation sites is 1. The number of thiophene rings is 1. The van der Waals surface area contributed by atoms with Crippen LogP contribution >= 0.6 is 11.3 Å². The Labute approximate surface area is 195 Å². The largest absolute Gasteiger partial charge is 0.383 e. The van der Waals surface area contributed by atoms with Crippen LogP contribution in [0.15, 0.2) is 72.2 Å². The van der Waals surface area contributed by atoms with Gasteiger partial charge in [0.25, 0.3) is 0 Å². The van der Waals surface area contributed by atoms with Crippen molar-refractivity contribution < 1.29 is 0 Å². The Morgan fingerprint density at radius 1 is 0.970 bits per heavy atom. The molecule has 2 aromatic carbocycles. The molecule has 0 saturated carbocycles. The van der Waals surface area contributed by atoms with Crippen molar-refractivity contribution >= 4 is 39.8 Å². The number of hydrogen-bond acceptors (Lipinski definition) is 7. The van der Waals surface area contributed by atoms with Gasteiger partial charge < -0.3 is 16.4 Å². The number of nitrogens with two attached hydrogens (primary N) is 2. The molecule has 1 atom stereocenters. The number of fused-ring (bicyclic) bond motifs is 2. The minimum atomic E-state index is 0.108. The molecule has 0 amide bonds. The van der Waals surface area contributed by atoms with Crippen molar-refractivity contribution in [1.29, 1.82) is 0 Å². The Kier molecular flexibility index (Phi) is 4.73. The molecule has 5 aromatic rings. The molecule has 7 nitrogen and oxygen atoms in total. The lowest BCUT2D eigenvalue weighted by atomic mass is 9.97. The van der Waals surface area contributed by atoms with Crippen molar-refractivity contribution in [1.82, 2.24) is 19.7 Å². The Bertz CT molecular complexity index is 1420. The number of nitrogens with zero attached hydrogens (tertiary/aromatic N) is 5. The summed E-state index contributed by atoms with van der Waals surface area (Å²) >= 11 is 1.76. The fraction of sp³-hybridized carbons (Fsp3) is 0.160. The maximum absolute atomic E-state index is 6.06. The van der Waals surface area contributed by atoms with E-state index in [4.69, 9.17) is 11.5 Å². The Morgan fingerprint density at radius 3 is 2.64 bits per heavy atom. The van der Waals surface area contributed by atoms with Crippen LogP contribution in [0.4, 0.5) is 17.5 Å². The van der Waals surface area contributed by atoms with E-state index in [1.807, 2.05) is 4.68 Å². The third-order valence-electron chi connectivity index (χ3n) is 6.20. The fourth-order valence-electron chi connectivity index (χ4n) is 4.65. The molecule has 0 saturated heterocycles. The van der Waals surface area contributed by atoms with Crippen molar-refractivity contribution in [3.05, 3.63) is 83.4 Å². The van der Waals surface area contributed by atoms with E-state index in [9.17, 15) is 0 Å². The molecular formula is C25H23N7S. The van der Waals surface area contributed by atoms with Gasteiger partial charge in [-0.05, 0) is 40.6 Å². The molecule has 4 heterocycles. The van der Waals surface area contributed by atoms with Gasteiger partial charge in [-0.2, -0.15) is 15.1 Å². The van der Waals surface area contributed by atoms with Crippen molar-refractivity contribution in [2.24, 2.45) is 0 Å². The van der Waals surface area contributed by atoms with Crippen LogP contribution in [0.1, 0.15) is 17.2 Å². The maximum Gasteiger partial charge on any atom is 0.224 e. The van der Waals surface area contributed by atoms with Crippen LogP contribution in [0.3, 0.4) is 0 Å². The summed E-state index contributed by atoms with van der Waals surface area (Å²) < 4.78 is 1.95. The molecule has 33 heavy (non-hydrogen) atoms. The third-order valence-corrected chi connectivity index (χ3v) is 7.12. The Morgan fingerprint density at radius 2 is 1.82 bits per heavy atom. The topological polar surface area (TPSA) is 98.9 Å². The van der Waals surface area contributed by atoms with Crippen LogP contribution in [0, 0.1) is 0 Å². The van der Waals surface area contributed by atoms with Gasteiger partial charge in [0.1, 0.15) is 5.82 Å². The third kappa shape index (κ3) is 3.58. The normalized spacial score (nSPS) is 15.6. The highest BCUT2D eigenvalue weighted by Gasteiger charge is 2.28. The Balaban J connectivity index is 1.33. The van der Waals surface area contributed by atoms with Crippen LogP contribution in [0.5, 0.6) is 0 Å². The first-order valence-corrected chi connectivity index (χ1v) is 11.8. The lowest BCUT2D eigenvalue weighted by Gasteiger charge is -2.36. The first-order chi connectivity index (χ1) is 16.2. The second kappa shape index (κ2) is 7.90. The van der Waals surface area contributed by atoms with E-state index < -0.39 is 0 Å². The minimum absolute atomic E-state index is 0.108. The van der Waals surface area contributed by atoms with Crippen molar-refractivity contribution in [3.63, 3.8) is 0 Å². The van der Waals surface area contributed by atoms with Gasteiger partial charge in [0.05, 0.1) is 17.6 Å². The number of hydrogen-bond donors (Lipinski definition) is 2. The van der Waals surface area contributed by atoms with E-state index in [1.54, 1.807) is 17.5 Å². The van der Waals surface area contributed by atoms with E-state index in [2.05, 4.69) is 86.0 Å². The summed E-state index contributed by atoms with van der Waals surface area (Å²) in [7, 11) is 0. The zero-order valence-electron chi connectivity index (χ0n) is 17.9. The summed E-state index contributed by atoms with van der Waals surface area (Å²) in [4.78, 5) is 12.2. The van der Waals surface area contributed by atoms with Crippen LogP contribution in [-0.4, -0.2) is 26.3 Å². The van der Waals surface area contributed by atoms with E-state index in [0.717, 1.165) is 24.9 Å². The molecule has 0 bridgehead atoms. The number of rotatable bonds is 4. The fourth-order valence-corrected chi connectivity index (χ4v) is 5.38. The summed E-state index contributed by atoms with van der Waals surface area (Å²) in [5.74, 6) is 0.531. The number of aromatic nitrogens is 4. The van der Waals surface area contributed by atoms with E-state index in [-0.39, 0.29) is 12.0 Å². The predicted octanol–water partition coefficient (Wildman–Crippen LogP) is 4.52. The van der Waals surface area contributed by atoms with Gasteiger partial charge in [0, 0.05) is 23.7 Å². The van der Waals surface area contributed by atoms with Crippen LogP contribution in [0.2, 0.25) is 0 Å². The van der Waals surface area contributed by atoms with Gasteiger partial charge in [0.15, 0.2) is 5.65 Å². The molecule has 1 aliphatic heterocycles. The average Bonchev–Trinajstić information content (AvgIpc) is 3.50. The highest BCUT2D eigenvalue weighted by molar-refractivity contribution is 7.13. The first-order valence-electron chi connectivity index (χ1n) is 10.9. The van der Waals surface area contributed by atoms with Gasteiger partial charge >= 0.3 is 0 Å². The summed E-state index contributed by atoms with van der Waals surface area (Å²) in [5.41, 5.74) is 17.7. The van der Waals surface area contributed by atoms with Crippen LogP contribution in [-0.2, 0) is 13.0 Å². The van der Waals surface area contributed by atoms with Crippen molar-refractivity contribution in [2.75, 3.05) is 22.9 Å². The molecule has 6 rings (SSSR count). The predicted molar refractivity (Wildman–Crippen MR) is 134 cm³/mol. The lowest BCUT2D eigenvalue weighted by molar-refractivity contribution is 0.439. The van der Waals surface area contributed by atoms with Gasteiger partial charge in [-0.3, -0.25) is 0 Å². The number of benzene rings is 2. The summed E-state index contributed by atoms with van der Waals surface area (Å²) in [6.07, 6.45) is 2.60. The highest BCUT2D eigenvalue weighted by Crippen LogP contribution is 2.34. The molecule has 8 heteroatoms. The van der Waals surface area contributed by atoms with E-state index >= 15 is 0 Å². The van der Waals surface area contributed by atoms with Crippen LogP contribution < -0.4 is 16.4 Å². The summed E-state index contributed by atoms with van der Waals surface area (Å²) in [6.45, 7) is 1.63. The molecule has 1 aliphatic rings. The van der Waals surface area contributed by atoms with Crippen LogP contribution in [0.25, 0.3) is 21.5 Å². The monoisotopic (exact) mass is 453 g/mol. The smallest absolute Gasteiger partial charge is 0.224 e. The molecule has 1 unspecified atom stereocenters. The molecule has 0 radical (unpaired) electrons. The molecule has 4 N–H and O–H groups in total. The standard InChI is InChI=1S/C25H23N7S/c26-23-20-13-28-32(24(20)30-25(27)29-23)19-12-18-4-1-2-5-21(18)31(15-19)14-16-7-9-17(10-8-16)22-6-3-11-33-22/h1-11,13,19H,12,14-15H2,(H4,26,27,29,30). The lowest BCUT2D eigenvalue weighted by Crippen LogP contribution is -2.36. The van der Waals surface area contributed by atoms with Gasteiger partial charge in [-0.15, -0.1) is 11.3 Å². The molecule has 3 aromatic heterocycles. The zero-order chi connectivity index (χ0) is 22.4. The molecule has 164 valence electrons. The maximum atomic E-state index is 6.06. The molecule has 0 fully saturated rings. The van der Waals surface area contributed by atoms with Crippen molar-refractivity contribution in [2.45, 2.75) is 19.0 Å². The first kappa shape index (κ1) is 19.8.